The van der Waals surface area contributed by atoms with Gasteiger partial charge in [0.2, 0.25) is 0 Å². The van der Waals surface area contributed by atoms with Crippen molar-refractivity contribution >= 4 is 5.71 Å². The minimum absolute atomic E-state index is 0.727. The molecule has 1 heterocycles. The number of allylic oxidation sites excluding steroid dienone is 4. The maximum absolute atomic E-state index is 8.47. The van der Waals surface area contributed by atoms with Crippen LogP contribution in [0.15, 0.2) is 27.9 Å². The zero-order chi connectivity index (χ0) is 8.43. The lowest BCUT2D eigenvalue weighted by molar-refractivity contribution is 1.39. The minimum Gasteiger partial charge on any atom is -0.249 e. The molecule has 56 valence electrons. The van der Waals surface area contributed by atoms with Gasteiger partial charge in [0, 0.05) is 5.57 Å². The molecule has 0 unspecified atom stereocenters. The number of hydrogen-bond donors (Lipinski definition) is 0. The van der Waals surface area contributed by atoms with E-state index in [-0.39, 0.29) is 0 Å². The molecule has 0 N–H and O–H groups in total. The summed E-state index contributed by atoms with van der Waals surface area (Å²) in [5.74, 6) is 0. The molecule has 0 saturated heterocycles. The van der Waals surface area contributed by atoms with Crippen LogP contribution in [0.1, 0.15) is 20.8 Å². The average Bonchev–Trinajstić information content (AvgIpc) is 2.66. The summed E-state index contributed by atoms with van der Waals surface area (Å²) in [6.07, 6.45) is 1.86. The first-order valence-electron chi connectivity index (χ1n) is 3.50. The SMILES string of the molecule is CC(C#N)=CC(C)=C1N=C1C. The summed E-state index contributed by atoms with van der Waals surface area (Å²) in [6, 6.07) is 2.07. The van der Waals surface area contributed by atoms with Gasteiger partial charge in [-0.2, -0.15) is 5.26 Å². The predicted molar refractivity (Wildman–Crippen MR) is 45.2 cm³/mol. The monoisotopic (exact) mass is 146 g/mol. The maximum Gasteiger partial charge on any atom is 0.0944 e. The average molecular weight is 146 g/mol. The Labute approximate surface area is 66.6 Å². The van der Waals surface area contributed by atoms with Crippen molar-refractivity contribution in [1.29, 1.82) is 5.26 Å². The van der Waals surface area contributed by atoms with Crippen molar-refractivity contribution in [3.05, 3.63) is 22.9 Å². The molecule has 11 heavy (non-hydrogen) atoms. The Morgan fingerprint density at radius 3 is 2.45 bits per heavy atom. The standard InChI is InChI=1S/C9H10N2/c1-6(5-10)4-7(2)9-8(3)11-9/h4H,1-3H3. The van der Waals surface area contributed by atoms with Crippen LogP contribution >= 0.6 is 0 Å². The highest BCUT2D eigenvalue weighted by atomic mass is 14.9. The first kappa shape index (κ1) is 7.74. The van der Waals surface area contributed by atoms with Crippen molar-refractivity contribution in [2.45, 2.75) is 20.8 Å². The number of nitriles is 1. The van der Waals surface area contributed by atoms with E-state index < -0.39 is 0 Å². The molecule has 0 aromatic heterocycles. The third-order valence-corrected chi connectivity index (χ3v) is 1.56. The Hall–Kier alpha value is -1.36. The van der Waals surface area contributed by atoms with Crippen LogP contribution in [0.3, 0.4) is 0 Å². The Morgan fingerprint density at radius 1 is 1.55 bits per heavy atom. The van der Waals surface area contributed by atoms with E-state index in [2.05, 4.69) is 11.1 Å². The Bertz CT molecular complexity index is 311. The maximum atomic E-state index is 8.47. The zero-order valence-corrected chi connectivity index (χ0v) is 6.97. The Balaban J connectivity index is 2.75. The second-order valence-corrected chi connectivity index (χ2v) is 2.67. The van der Waals surface area contributed by atoms with E-state index in [1.54, 1.807) is 6.92 Å². The highest BCUT2D eigenvalue weighted by molar-refractivity contribution is 6.11. The molecule has 0 aromatic rings. The first-order chi connectivity index (χ1) is 5.15. The van der Waals surface area contributed by atoms with Gasteiger partial charge in [0.15, 0.2) is 0 Å². The minimum atomic E-state index is 0.727. The quantitative estimate of drug-likeness (QED) is 0.522. The summed E-state index contributed by atoms with van der Waals surface area (Å²) in [7, 11) is 0. The summed E-state index contributed by atoms with van der Waals surface area (Å²) in [6.45, 7) is 5.73. The van der Waals surface area contributed by atoms with Gasteiger partial charge < -0.3 is 0 Å². The fourth-order valence-electron chi connectivity index (χ4n) is 0.939. The lowest BCUT2D eigenvalue weighted by Gasteiger charge is -1.87. The van der Waals surface area contributed by atoms with Crippen LogP contribution in [0.4, 0.5) is 0 Å². The molecular weight excluding hydrogens is 136 g/mol. The van der Waals surface area contributed by atoms with Gasteiger partial charge in [-0.25, -0.2) is 4.99 Å². The second-order valence-electron chi connectivity index (χ2n) is 2.67. The normalized spacial score (nSPS) is 20.5. The summed E-state index contributed by atoms with van der Waals surface area (Å²) in [5, 5.41) is 8.47. The summed E-state index contributed by atoms with van der Waals surface area (Å²) < 4.78 is 0. The molecule has 1 aliphatic rings. The Kier molecular flexibility index (Phi) is 1.91. The van der Waals surface area contributed by atoms with Gasteiger partial charge in [0.25, 0.3) is 0 Å². The van der Waals surface area contributed by atoms with Crippen LogP contribution in [0, 0.1) is 11.3 Å². The highest BCUT2D eigenvalue weighted by Crippen LogP contribution is 2.22. The largest absolute Gasteiger partial charge is 0.249 e. The molecule has 1 aliphatic heterocycles. The van der Waals surface area contributed by atoms with Crippen LogP contribution < -0.4 is 0 Å². The van der Waals surface area contributed by atoms with Crippen molar-refractivity contribution in [2.24, 2.45) is 4.99 Å². The van der Waals surface area contributed by atoms with Gasteiger partial charge in [-0.05, 0) is 32.4 Å². The van der Waals surface area contributed by atoms with Crippen LogP contribution in [0.5, 0.6) is 0 Å². The summed E-state index contributed by atoms with van der Waals surface area (Å²) in [4.78, 5) is 4.08. The fourth-order valence-corrected chi connectivity index (χ4v) is 0.939. The number of rotatable bonds is 1. The molecule has 0 aliphatic carbocycles. The van der Waals surface area contributed by atoms with Gasteiger partial charge in [0.05, 0.1) is 17.5 Å². The van der Waals surface area contributed by atoms with E-state index in [9.17, 15) is 0 Å². The van der Waals surface area contributed by atoms with Gasteiger partial charge in [-0.15, -0.1) is 0 Å². The van der Waals surface area contributed by atoms with Gasteiger partial charge in [-0.3, -0.25) is 0 Å². The number of nitrogens with zero attached hydrogens (tertiary/aromatic N) is 2. The second kappa shape index (κ2) is 2.71. The van der Waals surface area contributed by atoms with E-state index >= 15 is 0 Å². The van der Waals surface area contributed by atoms with Crippen molar-refractivity contribution < 1.29 is 0 Å². The third-order valence-electron chi connectivity index (χ3n) is 1.56. The first-order valence-corrected chi connectivity index (χ1v) is 3.50. The molecule has 0 radical (unpaired) electrons. The summed E-state index contributed by atoms with van der Waals surface area (Å²) in [5.41, 5.74) is 3.95. The molecule has 0 amide bonds. The fraction of sp³-hybridized carbons (Fsp3) is 0.333. The van der Waals surface area contributed by atoms with Crippen LogP contribution in [0.25, 0.3) is 0 Å². The highest BCUT2D eigenvalue weighted by Gasteiger charge is 2.15. The van der Waals surface area contributed by atoms with Gasteiger partial charge in [0.1, 0.15) is 0 Å². The lowest BCUT2D eigenvalue weighted by Crippen LogP contribution is -1.76. The van der Waals surface area contributed by atoms with Crippen molar-refractivity contribution in [3.8, 4) is 6.07 Å². The van der Waals surface area contributed by atoms with Gasteiger partial charge in [-0.1, -0.05) is 0 Å². The van der Waals surface area contributed by atoms with Crippen LogP contribution in [0.2, 0.25) is 0 Å². The molecule has 0 spiro atoms. The third kappa shape index (κ3) is 1.78. The summed E-state index contributed by atoms with van der Waals surface area (Å²) >= 11 is 0. The molecule has 2 heteroatoms. The number of aliphatic imine (C=N–C) groups is 1. The molecule has 0 aromatic carbocycles. The molecule has 1 rings (SSSR count). The van der Waals surface area contributed by atoms with E-state index in [1.165, 1.54) is 0 Å². The van der Waals surface area contributed by atoms with E-state index in [1.807, 2.05) is 19.9 Å². The Morgan fingerprint density at radius 2 is 2.09 bits per heavy atom. The van der Waals surface area contributed by atoms with Crippen molar-refractivity contribution in [3.63, 3.8) is 0 Å². The molecule has 0 fully saturated rings. The van der Waals surface area contributed by atoms with Crippen LogP contribution in [-0.2, 0) is 0 Å². The molecule has 0 atom stereocenters. The van der Waals surface area contributed by atoms with Crippen LogP contribution in [-0.4, -0.2) is 5.71 Å². The zero-order valence-electron chi connectivity index (χ0n) is 6.97. The lowest BCUT2D eigenvalue weighted by atomic mass is 10.2. The molecule has 0 saturated carbocycles. The predicted octanol–water partition coefficient (Wildman–Crippen LogP) is 2.20. The smallest absolute Gasteiger partial charge is 0.0944 e. The van der Waals surface area contributed by atoms with Gasteiger partial charge >= 0.3 is 0 Å². The van der Waals surface area contributed by atoms with Crippen molar-refractivity contribution in [2.75, 3.05) is 0 Å². The van der Waals surface area contributed by atoms with E-state index in [0.29, 0.717) is 0 Å². The molecule has 2 nitrogen and oxygen atoms in total. The van der Waals surface area contributed by atoms with E-state index in [0.717, 1.165) is 22.6 Å². The number of hydrogen-bond acceptors (Lipinski definition) is 2. The molecule has 0 bridgehead atoms. The van der Waals surface area contributed by atoms with Crippen molar-refractivity contribution in [1.82, 2.24) is 0 Å². The topological polar surface area (TPSA) is 36.1 Å². The molecular formula is C9H10N2. The van der Waals surface area contributed by atoms with E-state index in [4.69, 9.17) is 5.26 Å².